The molecule has 3 aromatic rings. The summed E-state index contributed by atoms with van der Waals surface area (Å²) in [6.07, 6.45) is 1.87. The second-order valence-corrected chi connectivity index (χ2v) is 7.82. The number of rotatable bonds is 7. The number of carbonyl (C=O) groups excluding carboxylic acids is 1. The lowest BCUT2D eigenvalue weighted by molar-refractivity contribution is -0.131. The third-order valence-corrected chi connectivity index (χ3v) is 5.81. The molecule has 0 N–H and O–H groups in total. The number of likely N-dealkylation sites (tertiary alicyclic amines) is 1. The quantitative estimate of drug-likeness (QED) is 0.522. The summed E-state index contributed by atoms with van der Waals surface area (Å²) in [5, 5.41) is 4.60. The maximum absolute atomic E-state index is 13.0. The summed E-state index contributed by atoms with van der Waals surface area (Å²) in [6.45, 7) is 0.640. The van der Waals surface area contributed by atoms with Gasteiger partial charge in [-0.25, -0.2) is 0 Å². The highest BCUT2D eigenvalue weighted by molar-refractivity contribution is 6.32. The van der Waals surface area contributed by atoms with E-state index in [0.29, 0.717) is 40.5 Å². The first-order valence-corrected chi connectivity index (χ1v) is 10.6. The zero-order valence-corrected chi connectivity index (χ0v) is 18.9. The van der Waals surface area contributed by atoms with Crippen LogP contribution in [0, 0.1) is 0 Å². The monoisotopic (exact) mass is 457 g/mol. The van der Waals surface area contributed by atoms with Crippen molar-refractivity contribution in [2.45, 2.75) is 25.3 Å². The van der Waals surface area contributed by atoms with E-state index in [1.807, 2.05) is 12.1 Å². The average Bonchev–Trinajstić information content (AvgIpc) is 3.48. The molecule has 32 heavy (non-hydrogen) atoms. The molecule has 2 aromatic carbocycles. The number of benzene rings is 2. The van der Waals surface area contributed by atoms with Crippen LogP contribution >= 0.6 is 11.6 Å². The molecule has 0 spiro atoms. The van der Waals surface area contributed by atoms with Crippen molar-refractivity contribution in [1.29, 1.82) is 0 Å². The van der Waals surface area contributed by atoms with E-state index in [1.54, 1.807) is 50.5 Å². The van der Waals surface area contributed by atoms with Gasteiger partial charge in [-0.1, -0.05) is 22.8 Å². The molecule has 1 aliphatic rings. The standard InChI is InChI=1S/C23H24ClN3O5/c1-29-18-8-6-14(11-16(18)24)12-21(28)27-10-4-5-17(27)23-25-22(26-32-23)15-7-9-19(30-2)20(13-15)31-3/h6-9,11,13,17H,4-5,10,12H2,1-3H3/t17-/m0/s1. The van der Waals surface area contributed by atoms with Gasteiger partial charge < -0.3 is 23.6 Å². The van der Waals surface area contributed by atoms with E-state index in [1.165, 1.54) is 0 Å². The Morgan fingerprint density at radius 1 is 1.09 bits per heavy atom. The Labute approximate surface area is 191 Å². The molecule has 8 nitrogen and oxygen atoms in total. The number of nitrogens with zero attached hydrogens (tertiary/aromatic N) is 3. The summed E-state index contributed by atoms with van der Waals surface area (Å²) >= 11 is 6.20. The van der Waals surface area contributed by atoms with E-state index in [4.69, 9.17) is 30.3 Å². The highest BCUT2D eigenvalue weighted by atomic mass is 35.5. The van der Waals surface area contributed by atoms with Crippen LogP contribution in [0.15, 0.2) is 40.9 Å². The number of hydrogen-bond acceptors (Lipinski definition) is 7. The van der Waals surface area contributed by atoms with Crippen LogP contribution in [0.2, 0.25) is 5.02 Å². The van der Waals surface area contributed by atoms with Gasteiger partial charge in [0.15, 0.2) is 11.5 Å². The van der Waals surface area contributed by atoms with Crippen LogP contribution in [-0.2, 0) is 11.2 Å². The maximum atomic E-state index is 13.0. The van der Waals surface area contributed by atoms with Crippen LogP contribution < -0.4 is 14.2 Å². The molecule has 168 valence electrons. The lowest BCUT2D eigenvalue weighted by atomic mass is 10.1. The number of halogens is 1. The summed E-state index contributed by atoms with van der Waals surface area (Å²) in [5.74, 6) is 2.61. The smallest absolute Gasteiger partial charge is 0.249 e. The number of aromatic nitrogens is 2. The van der Waals surface area contributed by atoms with E-state index in [-0.39, 0.29) is 18.4 Å². The normalized spacial score (nSPS) is 15.6. The second kappa shape index (κ2) is 9.48. The number of methoxy groups -OCH3 is 3. The number of hydrogen-bond donors (Lipinski definition) is 0. The van der Waals surface area contributed by atoms with Gasteiger partial charge in [0, 0.05) is 12.1 Å². The van der Waals surface area contributed by atoms with Crippen molar-refractivity contribution in [3.63, 3.8) is 0 Å². The molecule has 1 saturated heterocycles. The molecule has 2 heterocycles. The van der Waals surface area contributed by atoms with Gasteiger partial charge in [-0.05, 0) is 48.7 Å². The van der Waals surface area contributed by atoms with E-state index in [9.17, 15) is 4.79 Å². The SMILES string of the molecule is COc1ccc(CC(=O)N2CCC[C@H]2c2nc(-c3ccc(OC)c(OC)c3)no2)cc1Cl. The minimum Gasteiger partial charge on any atom is -0.495 e. The Morgan fingerprint density at radius 3 is 2.56 bits per heavy atom. The average molecular weight is 458 g/mol. The zero-order valence-electron chi connectivity index (χ0n) is 18.1. The molecule has 0 bridgehead atoms. The fourth-order valence-electron chi connectivity index (χ4n) is 3.88. The van der Waals surface area contributed by atoms with Gasteiger partial charge in [0.2, 0.25) is 17.6 Å². The highest BCUT2D eigenvalue weighted by Crippen LogP contribution is 2.35. The molecule has 1 atom stereocenters. The fraction of sp³-hybridized carbons (Fsp3) is 0.348. The molecule has 1 aromatic heterocycles. The molecule has 1 fully saturated rings. The van der Waals surface area contributed by atoms with Gasteiger partial charge in [-0.3, -0.25) is 4.79 Å². The van der Waals surface area contributed by atoms with Crippen molar-refractivity contribution in [3.8, 4) is 28.6 Å². The van der Waals surface area contributed by atoms with Crippen molar-refractivity contribution >= 4 is 17.5 Å². The highest BCUT2D eigenvalue weighted by Gasteiger charge is 2.34. The first kappa shape index (κ1) is 22.0. The van der Waals surface area contributed by atoms with Gasteiger partial charge in [0.05, 0.1) is 32.8 Å². The predicted molar refractivity (Wildman–Crippen MR) is 118 cm³/mol. The summed E-state index contributed by atoms with van der Waals surface area (Å²) in [6, 6.07) is 10.5. The molecule has 0 unspecified atom stereocenters. The molecule has 1 amide bonds. The van der Waals surface area contributed by atoms with Gasteiger partial charge in [-0.15, -0.1) is 0 Å². The van der Waals surface area contributed by atoms with Crippen LogP contribution in [0.1, 0.15) is 30.3 Å². The van der Waals surface area contributed by atoms with Crippen molar-refractivity contribution in [1.82, 2.24) is 15.0 Å². The lowest BCUT2D eigenvalue weighted by Gasteiger charge is -2.22. The molecule has 1 aliphatic heterocycles. The molecular weight excluding hydrogens is 434 g/mol. The molecule has 9 heteroatoms. The van der Waals surface area contributed by atoms with E-state index >= 15 is 0 Å². The Hall–Kier alpha value is -3.26. The van der Waals surface area contributed by atoms with E-state index in [0.717, 1.165) is 24.0 Å². The van der Waals surface area contributed by atoms with Crippen molar-refractivity contribution < 1.29 is 23.5 Å². The fourth-order valence-corrected chi connectivity index (χ4v) is 4.16. The molecule has 0 aliphatic carbocycles. The molecular formula is C23H24ClN3O5. The van der Waals surface area contributed by atoms with Crippen LogP contribution in [0.5, 0.6) is 17.2 Å². The number of ether oxygens (including phenoxy) is 3. The topological polar surface area (TPSA) is 86.9 Å². The van der Waals surface area contributed by atoms with E-state index < -0.39 is 0 Å². The number of amides is 1. The first-order valence-electron chi connectivity index (χ1n) is 10.2. The molecule has 0 radical (unpaired) electrons. The molecule has 0 saturated carbocycles. The first-order chi connectivity index (χ1) is 15.5. The zero-order chi connectivity index (χ0) is 22.7. The maximum Gasteiger partial charge on any atom is 0.249 e. The van der Waals surface area contributed by atoms with Gasteiger partial charge in [-0.2, -0.15) is 4.98 Å². The summed E-state index contributed by atoms with van der Waals surface area (Å²) in [4.78, 5) is 19.4. The van der Waals surface area contributed by atoms with Crippen molar-refractivity contribution in [3.05, 3.63) is 52.9 Å². The van der Waals surface area contributed by atoms with Crippen LogP contribution in [-0.4, -0.2) is 48.8 Å². The summed E-state index contributed by atoms with van der Waals surface area (Å²) in [5.41, 5.74) is 1.56. The minimum absolute atomic E-state index is 0.0143. The van der Waals surface area contributed by atoms with Crippen molar-refractivity contribution in [2.24, 2.45) is 0 Å². The van der Waals surface area contributed by atoms with Gasteiger partial charge >= 0.3 is 0 Å². The van der Waals surface area contributed by atoms with Crippen molar-refractivity contribution in [2.75, 3.05) is 27.9 Å². The summed E-state index contributed by atoms with van der Waals surface area (Å²) < 4.78 is 21.4. The second-order valence-electron chi connectivity index (χ2n) is 7.42. The third kappa shape index (κ3) is 4.36. The van der Waals surface area contributed by atoms with Gasteiger partial charge in [0.1, 0.15) is 11.8 Å². The lowest BCUT2D eigenvalue weighted by Crippen LogP contribution is -2.32. The van der Waals surface area contributed by atoms with E-state index in [2.05, 4.69) is 10.1 Å². The summed E-state index contributed by atoms with van der Waals surface area (Å²) in [7, 11) is 4.71. The van der Waals surface area contributed by atoms with Gasteiger partial charge in [0.25, 0.3) is 0 Å². The Morgan fingerprint density at radius 2 is 1.84 bits per heavy atom. The Balaban J connectivity index is 1.51. The minimum atomic E-state index is -0.252. The third-order valence-electron chi connectivity index (χ3n) is 5.51. The van der Waals surface area contributed by atoms with Crippen LogP contribution in [0.4, 0.5) is 0 Å². The van der Waals surface area contributed by atoms with Crippen LogP contribution in [0.25, 0.3) is 11.4 Å². The van der Waals surface area contributed by atoms with Crippen LogP contribution in [0.3, 0.4) is 0 Å². The Kier molecular flexibility index (Phi) is 6.50. The molecule has 4 rings (SSSR count). The number of carbonyl (C=O) groups is 1. The predicted octanol–water partition coefficient (Wildman–Crippen LogP) is 4.32. The largest absolute Gasteiger partial charge is 0.495 e. The Bertz CT molecular complexity index is 1120.